The van der Waals surface area contributed by atoms with Crippen LogP contribution in [0.15, 0.2) is 18.2 Å². The summed E-state index contributed by atoms with van der Waals surface area (Å²) >= 11 is 1.65. The summed E-state index contributed by atoms with van der Waals surface area (Å²) in [6.07, 6.45) is 3.80. The maximum atomic E-state index is 14.1. The lowest BCUT2D eigenvalue weighted by atomic mass is 9.87. The van der Waals surface area contributed by atoms with Gasteiger partial charge in [-0.15, -0.1) is 16.9 Å². The molecule has 1 aliphatic carbocycles. The third kappa shape index (κ3) is 4.17. The van der Waals surface area contributed by atoms with Crippen LogP contribution in [0, 0.1) is 11.7 Å². The molecule has 0 radical (unpaired) electrons. The topological polar surface area (TPSA) is 79.9 Å². The number of hydrogen-bond acceptors (Lipinski definition) is 5. The van der Waals surface area contributed by atoms with Gasteiger partial charge in [0.25, 0.3) is 0 Å². The first-order valence-corrected chi connectivity index (χ1v) is 9.59. The number of benzene rings is 1. The fourth-order valence-electron chi connectivity index (χ4n) is 2.56. The van der Waals surface area contributed by atoms with Crippen molar-refractivity contribution in [1.82, 2.24) is 15.2 Å². The Bertz CT molecular complexity index is 789. The molecule has 1 aliphatic rings. The van der Waals surface area contributed by atoms with Crippen molar-refractivity contribution < 1.29 is 13.9 Å². The van der Waals surface area contributed by atoms with Crippen LogP contribution in [0.5, 0.6) is 5.75 Å². The van der Waals surface area contributed by atoms with Gasteiger partial charge in [-0.25, -0.2) is 4.39 Å². The van der Waals surface area contributed by atoms with Gasteiger partial charge in [-0.05, 0) is 50.5 Å². The van der Waals surface area contributed by atoms with Crippen molar-refractivity contribution in [3.8, 4) is 17.1 Å². The number of rotatable bonds is 7. The number of aromatic amines is 1. The highest BCUT2D eigenvalue weighted by Crippen LogP contribution is 2.35. The minimum Gasteiger partial charge on any atom is -0.497 e. The van der Waals surface area contributed by atoms with E-state index in [1.807, 2.05) is 13.8 Å². The Labute approximate surface area is 156 Å². The Morgan fingerprint density at radius 1 is 1.46 bits per heavy atom. The standard InChI is InChI=1S/C18H23FN4O2S/c1-18(2,26-10-11-5-4-6-11)16(24)21-17-20-15(22-23-17)13-8-7-12(25-3)9-14(13)19/h7-9,11H,4-6,10H2,1-3H3,(H2,20,21,22,23,24). The quantitative estimate of drug-likeness (QED) is 0.764. The average Bonchev–Trinajstić information content (AvgIpc) is 3.01. The van der Waals surface area contributed by atoms with Gasteiger partial charge in [-0.2, -0.15) is 4.98 Å². The van der Waals surface area contributed by atoms with Crippen molar-refractivity contribution in [3.05, 3.63) is 24.0 Å². The monoisotopic (exact) mass is 378 g/mol. The maximum absolute atomic E-state index is 14.1. The second-order valence-electron chi connectivity index (χ2n) is 6.93. The van der Waals surface area contributed by atoms with Gasteiger partial charge in [0.1, 0.15) is 11.6 Å². The molecule has 140 valence electrons. The summed E-state index contributed by atoms with van der Waals surface area (Å²) in [6, 6.07) is 4.47. The van der Waals surface area contributed by atoms with Crippen molar-refractivity contribution >= 4 is 23.6 Å². The summed E-state index contributed by atoms with van der Waals surface area (Å²) in [5, 5.41) is 9.35. The molecule has 2 aromatic rings. The van der Waals surface area contributed by atoms with E-state index in [1.54, 1.807) is 23.9 Å². The number of methoxy groups -OCH3 is 1. The van der Waals surface area contributed by atoms with Gasteiger partial charge >= 0.3 is 0 Å². The number of amides is 1. The molecule has 1 aromatic carbocycles. The van der Waals surface area contributed by atoms with E-state index in [4.69, 9.17) is 4.74 Å². The highest BCUT2D eigenvalue weighted by atomic mass is 32.2. The van der Waals surface area contributed by atoms with Crippen LogP contribution in [0.2, 0.25) is 0 Å². The summed E-state index contributed by atoms with van der Waals surface area (Å²) in [4.78, 5) is 16.7. The number of aromatic nitrogens is 3. The number of H-pyrrole nitrogens is 1. The van der Waals surface area contributed by atoms with E-state index in [9.17, 15) is 9.18 Å². The van der Waals surface area contributed by atoms with E-state index in [2.05, 4.69) is 20.5 Å². The Hall–Kier alpha value is -2.09. The zero-order chi connectivity index (χ0) is 18.7. The van der Waals surface area contributed by atoms with Crippen molar-refractivity contribution in [3.63, 3.8) is 0 Å². The predicted molar refractivity (Wildman–Crippen MR) is 101 cm³/mol. The van der Waals surface area contributed by atoms with Crippen LogP contribution >= 0.6 is 11.8 Å². The Morgan fingerprint density at radius 2 is 2.23 bits per heavy atom. The second-order valence-corrected chi connectivity index (χ2v) is 8.57. The normalized spacial score (nSPS) is 14.8. The average molecular weight is 378 g/mol. The van der Waals surface area contributed by atoms with Gasteiger partial charge in [0, 0.05) is 6.07 Å². The minimum atomic E-state index is -0.582. The smallest absolute Gasteiger partial charge is 0.249 e. The lowest BCUT2D eigenvalue weighted by Gasteiger charge is -2.29. The third-order valence-corrected chi connectivity index (χ3v) is 6.14. The third-order valence-electron chi connectivity index (χ3n) is 4.59. The lowest BCUT2D eigenvalue weighted by Crippen LogP contribution is -2.35. The molecule has 2 N–H and O–H groups in total. The van der Waals surface area contributed by atoms with E-state index in [0.29, 0.717) is 5.75 Å². The van der Waals surface area contributed by atoms with Crippen molar-refractivity contribution in [2.45, 2.75) is 37.9 Å². The van der Waals surface area contributed by atoms with Gasteiger partial charge in [0.05, 0.1) is 17.4 Å². The second kappa shape index (κ2) is 7.65. The van der Waals surface area contributed by atoms with E-state index < -0.39 is 10.6 Å². The van der Waals surface area contributed by atoms with Crippen LogP contribution in [-0.4, -0.2) is 38.7 Å². The molecule has 0 spiro atoms. The molecular weight excluding hydrogens is 355 g/mol. The molecular formula is C18H23FN4O2S. The fraction of sp³-hybridized carbons (Fsp3) is 0.500. The molecule has 0 unspecified atom stereocenters. The molecule has 1 aromatic heterocycles. The molecule has 8 heteroatoms. The van der Waals surface area contributed by atoms with Crippen LogP contribution in [0.3, 0.4) is 0 Å². The fourth-order valence-corrected chi connectivity index (χ4v) is 3.72. The van der Waals surface area contributed by atoms with E-state index in [-0.39, 0.29) is 23.2 Å². The van der Waals surface area contributed by atoms with Crippen LogP contribution in [0.25, 0.3) is 11.4 Å². The molecule has 0 atom stereocenters. The first-order chi connectivity index (χ1) is 12.4. The van der Waals surface area contributed by atoms with Crippen molar-refractivity contribution in [2.75, 3.05) is 18.2 Å². The molecule has 1 heterocycles. The number of thioether (sulfide) groups is 1. The van der Waals surface area contributed by atoms with Crippen molar-refractivity contribution in [2.24, 2.45) is 5.92 Å². The number of carbonyl (C=O) groups is 1. The van der Waals surface area contributed by atoms with Crippen LogP contribution < -0.4 is 10.1 Å². The summed E-state index contributed by atoms with van der Waals surface area (Å²) in [5.74, 6) is 1.87. The molecule has 26 heavy (non-hydrogen) atoms. The van der Waals surface area contributed by atoms with Gasteiger partial charge in [-0.3, -0.25) is 15.2 Å². The number of nitrogens with zero attached hydrogens (tertiary/aromatic N) is 2. The molecule has 6 nitrogen and oxygen atoms in total. The number of ether oxygens (including phenoxy) is 1. The Balaban J connectivity index is 1.64. The summed E-state index contributed by atoms with van der Waals surface area (Å²) < 4.78 is 18.5. The highest BCUT2D eigenvalue weighted by molar-refractivity contribution is 8.01. The highest BCUT2D eigenvalue weighted by Gasteiger charge is 2.31. The van der Waals surface area contributed by atoms with Crippen LogP contribution in [0.1, 0.15) is 33.1 Å². The zero-order valence-electron chi connectivity index (χ0n) is 15.1. The van der Waals surface area contributed by atoms with Gasteiger partial charge in [0.2, 0.25) is 11.9 Å². The van der Waals surface area contributed by atoms with E-state index in [1.165, 1.54) is 32.4 Å². The molecule has 1 saturated carbocycles. The SMILES string of the molecule is COc1ccc(-c2nc(NC(=O)C(C)(C)SCC3CCC3)n[nH]2)c(F)c1. The molecule has 1 fully saturated rings. The largest absolute Gasteiger partial charge is 0.497 e. The number of halogens is 1. The predicted octanol–water partition coefficient (Wildman–Crippen LogP) is 3.87. The van der Waals surface area contributed by atoms with Crippen molar-refractivity contribution in [1.29, 1.82) is 0 Å². The first kappa shape index (κ1) is 18.7. The summed E-state index contributed by atoms with van der Waals surface area (Å²) in [7, 11) is 1.47. The number of hydrogen-bond donors (Lipinski definition) is 2. The molecule has 1 amide bonds. The molecule has 0 saturated heterocycles. The molecule has 3 rings (SSSR count). The van der Waals surface area contributed by atoms with E-state index in [0.717, 1.165) is 11.7 Å². The summed E-state index contributed by atoms with van der Waals surface area (Å²) in [5.41, 5.74) is 0.261. The number of nitrogens with one attached hydrogen (secondary N) is 2. The molecule has 0 bridgehead atoms. The van der Waals surface area contributed by atoms with Crippen LogP contribution in [-0.2, 0) is 4.79 Å². The van der Waals surface area contributed by atoms with Gasteiger partial charge < -0.3 is 4.74 Å². The Kier molecular flexibility index (Phi) is 5.50. The number of carbonyl (C=O) groups excluding carboxylic acids is 1. The molecule has 0 aliphatic heterocycles. The first-order valence-electron chi connectivity index (χ1n) is 8.61. The van der Waals surface area contributed by atoms with Gasteiger partial charge in [0.15, 0.2) is 5.82 Å². The maximum Gasteiger partial charge on any atom is 0.249 e. The lowest BCUT2D eigenvalue weighted by molar-refractivity contribution is -0.117. The Morgan fingerprint density at radius 3 is 2.85 bits per heavy atom. The zero-order valence-corrected chi connectivity index (χ0v) is 16.0. The van der Waals surface area contributed by atoms with Crippen LogP contribution in [0.4, 0.5) is 10.3 Å². The summed E-state index contributed by atoms with van der Waals surface area (Å²) in [6.45, 7) is 3.78. The van der Waals surface area contributed by atoms with Gasteiger partial charge in [-0.1, -0.05) is 6.42 Å². The minimum absolute atomic E-state index is 0.137. The number of anilines is 1. The van der Waals surface area contributed by atoms with E-state index >= 15 is 0 Å².